The highest BCUT2D eigenvalue weighted by atomic mass is 35.5. The van der Waals surface area contributed by atoms with Crippen molar-refractivity contribution in [1.29, 1.82) is 0 Å². The Morgan fingerprint density at radius 2 is 1.76 bits per heavy atom. The predicted octanol–water partition coefficient (Wildman–Crippen LogP) is 5.90. The Morgan fingerprint density at radius 1 is 1.04 bits per heavy atom. The second-order valence-electron chi connectivity index (χ2n) is 12.0. The zero-order chi connectivity index (χ0) is 35.9. The summed E-state index contributed by atoms with van der Waals surface area (Å²) in [6.45, 7) is 1.93. The number of rotatable bonds is 14. The van der Waals surface area contributed by atoms with E-state index < -0.39 is 17.6 Å². The van der Waals surface area contributed by atoms with Gasteiger partial charge in [-0.25, -0.2) is 4.98 Å². The molecule has 16 heteroatoms. The minimum absolute atomic E-state index is 0.0171. The number of nitrogens with one attached hydrogen (secondary N) is 3. The summed E-state index contributed by atoms with van der Waals surface area (Å²) in [6.07, 6.45) is -2.91. The molecule has 0 saturated carbocycles. The Balaban J connectivity index is 1.70. The van der Waals surface area contributed by atoms with Crippen LogP contribution < -0.4 is 30.3 Å². The monoisotopic (exact) mass is 706 g/mol. The summed E-state index contributed by atoms with van der Waals surface area (Å²) in [4.78, 5) is 38.6. The van der Waals surface area contributed by atoms with Gasteiger partial charge in [-0.1, -0.05) is 6.07 Å². The minimum Gasteiger partial charge on any atom is -0.495 e. The number of amides is 2. The molecule has 3 aromatic rings. The van der Waals surface area contributed by atoms with Gasteiger partial charge in [-0.05, 0) is 50.2 Å². The topological polar surface area (TPSA) is 124 Å². The van der Waals surface area contributed by atoms with Gasteiger partial charge in [0.15, 0.2) is 0 Å². The first kappa shape index (κ1) is 37.3. The standard InChI is InChI=1S/C33H42ClF3N8O4/c1-43(2)13-14-44(3)26-18-28(49-6)25(17-24(26)39-29(46)9-11-34)40-31-22(33(35,36)37)19-38-32(42-31)41-23-8-7-20(15-27(23)48-5)21-10-12-45(4)30(47)16-21/h7-8,15,17-19,21H,9-14,16H2,1-6H3,(H,39,46)(H2,38,40,41,42). The van der Waals surface area contributed by atoms with Crippen LogP contribution in [-0.4, -0.2) is 99.5 Å². The lowest BCUT2D eigenvalue weighted by Crippen LogP contribution is -2.34. The van der Waals surface area contributed by atoms with Crippen molar-refractivity contribution in [3.63, 3.8) is 0 Å². The molecule has 4 rings (SSSR count). The van der Waals surface area contributed by atoms with Crippen molar-refractivity contribution in [2.45, 2.75) is 31.4 Å². The van der Waals surface area contributed by atoms with Gasteiger partial charge in [0.1, 0.15) is 22.9 Å². The van der Waals surface area contributed by atoms with Gasteiger partial charge in [-0.15, -0.1) is 11.6 Å². The van der Waals surface area contributed by atoms with E-state index in [-0.39, 0.29) is 47.4 Å². The van der Waals surface area contributed by atoms with E-state index in [2.05, 4.69) is 25.9 Å². The third kappa shape index (κ3) is 9.57. The third-order valence-electron chi connectivity index (χ3n) is 8.16. The van der Waals surface area contributed by atoms with Crippen LogP contribution in [0.2, 0.25) is 0 Å². The van der Waals surface area contributed by atoms with Crippen molar-refractivity contribution in [1.82, 2.24) is 19.8 Å². The summed E-state index contributed by atoms with van der Waals surface area (Å²) in [7, 11) is 10.3. The number of alkyl halides is 4. The molecular formula is C33H42ClF3N8O4. The molecule has 0 radical (unpaired) electrons. The van der Waals surface area contributed by atoms with Gasteiger partial charge in [-0.2, -0.15) is 18.2 Å². The average molecular weight is 707 g/mol. The molecule has 1 fully saturated rings. The van der Waals surface area contributed by atoms with Crippen LogP contribution in [0.5, 0.6) is 11.5 Å². The summed E-state index contributed by atoms with van der Waals surface area (Å²) in [5, 5.41) is 8.54. The van der Waals surface area contributed by atoms with Gasteiger partial charge in [0.05, 0.1) is 37.0 Å². The molecule has 2 heterocycles. The smallest absolute Gasteiger partial charge is 0.421 e. The van der Waals surface area contributed by atoms with Gasteiger partial charge in [0.2, 0.25) is 17.8 Å². The van der Waals surface area contributed by atoms with Crippen LogP contribution in [0.25, 0.3) is 0 Å². The van der Waals surface area contributed by atoms with E-state index in [1.54, 1.807) is 30.1 Å². The van der Waals surface area contributed by atoms with E-state index >= 15 is 0 Å². The van der Waals surface area contributed by atoms with Crippen LogP contribution >= 0.6 is 11.6 Å². The second-order valence-corrected chi connectivity index (χ2v) is 12.3. The molecular weight excluding hydrogens is 665 g/mol. The van der Waals surface area contributed by atoms with Crippen molar-refractivity contribution in [3.8, 4) is 11.5 Å². The maximum absolute atomic E-state index is 14.2. The van der Waals surface area contributed by atoms with Crippen LogP contribution in [0.15, 0.2) is 36.5 Å². The van der Waals surface area contributed by atoms with E-state index in [1.165, 1.54) is 20.3 Å². The minimum atomic E-state index is -4.80. The van der Waals surface area contributed by atoms with Crippen molar-refractivity contribution in [2.75, 3.05) is 88.8 Å². The first-order valence-corrected chi connectivity index (χ1v) is 16.1. The van der Waals surface area contributed by atoms with Gasteiger partial charge >= 0.3 is 6.18 Å². The molecule has 0 aliphatic carbocycles. The van der Waals surface area contributed by atoms with Gasteiger partial charge in [0, 0.05) is 64.7 Å². The molecule has 1 unspecified atom stereocenters. The van der Waals surface area contributed by atoms with Crippen molar-refractivity contribution in [3.05, 3.63) is 47.7 Å². The Bertz CT molecular complexity index is 1640. The highest BCUT2D eigenvalue weighted by molar-refractivity contribution is 6.19. The van der Waals surface area contributed by atoms with Gasteiger partial charge in [-0.3, -0.25) is 9.59 Å². The fraction of sp³-hybridized carbons (Fsp3) is 0.455. The number of carbonyl (C=O) groups is 2. The molecule has 2 aromatic carbocycles. The van der Waals surface area contributed by atoms with Crippen molar-refractivity contribution >= 4 is 57.9 Å². The van der Waals surface area contributed by atoms with E-state index in [1.807, 2.05) is 37.0 Å². The van der Waals surface area contributed by atoms with Gasteiger partial charge in [0.25, 0.3) is 0 Å². The van der Waals surface area contributed by atoms with Crippen LogP contribution in [0, 0.1) is 0 Å². The third-order valence-corrected chi connectivity index (χ3v) is 8.35. The number of aromatic nitrogens is 2. The molecule has 1 aromatic heterocycles. The fourth-order valence-corrected chi connectivity index (χ4v) is 5.48. The number of hydrogen-bond acceptors (Lipinski definition) is 10. The van der Waals surface area contributed by atoms with Crippen LogP contribution in [-0.2, 0) is 15.8 Å². The van der Waals surface area contributed by atoms with E-state index in [9.17, 15) is 22.8 Å². The Hall–Kier alpha value is -4.50. The second kappa shape index (κ2) is 16.3. The van der Waals surface area contributed by atoms with Crippen LogP contribution in [0.3, 0.4) is 0 Å². The quantitative estimate of drug-likeness (QED) is 0.175. The largest absolute Gasteiger partial charge is 0.495 e. The molecule has 2 amide bonds. The summed E-state index contributed by atoms with van der Waals surface area (Å²) in [6, 6.07) is 8.50. The Kier molecular flexibility index (Phi) is 12.4. The number of likely N-dealkylation sites (tertiary alicyclic amines) is 1. The SMILES string of the molecule is COc1cc(C2CCN(C)C(=O)C2)ccc1Nc1ncc(C(F)(F)F)c(Nc2cc(NC(=O)CCCl)c(N(C)CCN(C)C)cc2OC)n1. The molecule has 12 nitrogen and oxygen atoms in total. The number of ether oxygens (including phenoxy) is 2. The number of methoxy groups -OCH3 is 2. The lowest BCUT2D eigenvalue weighted by molar-refractivity contribution is -0.137. The Labute approximate surface area is 288 Å². The number of anilines is 6. The molecule has 266 valence electrons. The Morgan fingerprint density at radius 3 is 2.39 bits per heavy atom. The molecule has 0 spiro atoms. The summed E-state index contributed by atoms with van der Waals surface area (Å²) in [5.41, 5.74) is 1.28. The van der Waals surface area contributed by atoms with Crippen LogP contribution in [0.1, 0.15) is 36.3 Å². The number of hydrogen-bond donors (Lipinski definition) is 3. The van der Waals surface area contributed by atoms with Gasteiger partial charge < -0.3 is 40.1 Å². The van der Waals surface area contributed by atoms with E-state index in [0.29, 0.717) is 55.1 Å². The predicted molar refractivity (Wildman–Crippen MR) is 185 cm³/mol. The van der Waals surface area contributed by atoms with E-state index in [0.717, 1.165) is 12.0 Å². The number of carbonyl (C=O) groups excluding carboxylic acids is 2. The molecule has 1 aliphatic heterocycles. The average Bonchev–Trinajstić information content (AvgIpc) is 3.05. The zero-order valence-corrected chi connectivity index (χ0v) is 29.1. The number of piperidine rings is 1. The number of halogens is 4. The lowest BCUT2D eigenvalue weighted by Gasteiger charge is -2.29. The molecule has 1 saturated heterocycles. The maximum Gasteiger partial charge on any atom is 0.421 e. The summed E-state index contributed by atoms with van der Waals surface area (Å²) in [5.74, 6) is -0.244. The van der Waals surface area contributed by atoms with Crippen molar-refractivity contribution < 1.29 is 32.2 Å². The normalized spacial score (nSPS) is 14.9. The first-order chi connectivity index (χ1) is 23.2. The highest BCUT2D eigenvalue weighted by Crippen LogP contribution is 2.42. The zero-order valence-electron chi connectivity index (χ0n) is 28.4. The first-order valence-electron chi connectivity index (χ1n) is 15.6. The molecule has 1 atom stereocenters. The van der Waals surface area contributed by atoms with Crippen molar-refractivity contribution in [2.24, 2.45) is 0 Å². The molecule has 49 heavy (non-hydrogen) atoms. The fourth-order valence-electron chi connectivity index (χ4n) is 5.31. The lowest BCUT2D eigenvalue weighted by atomic mass is 9.89. The highest BCUT2D eigenvalue weighted by Gasteiger charge is 2.36. The molecule has 0 bridgehead atoms. The molecule has 1 aliphatic rings. The maximum atomic E-state index is 14.2. The number of benzene rings is 2. The summed E-state index contributed by atoms with van der Waals surface area (Å²) < 4.78 is 53.9. The molecule has 3 N–H and O–H groups in total. The van der Waals surface area contributed by atoms with E-state index in [4.69, 9.17) is 21.1 Å². The number of nitrogens with zero attached hydrogens (tertiary/aromatic N) is 5. The number of likely N-dealkylation sites (N-methyl/N-ethyl adjacent to an activating group) is 2. The van der Waals surface area contributed by atoms with Crippen LogP contribution in [0.4, 0.5) is 47.7 Å². The summed E-state index contributed by atoms with van der Waals surface area (Å²) >= 11 is 5.78.